The summed E-state index contributed by atoms with van der Waals surface area (Å²) in [7, 11) is 3.30. The molecule has 0 saturated carbocycles. The van der Waals surface area contributed by atoms with Crippen LogP contribution >= 0.6 is 23.5 Å². The molecule has 0 aromatic carbocycles. The van der Waals surface area contributed by atoms with Crippen LogP contribution in [0.2, 0.25) is 0 Å². The third-order valence-corrected chi connectivity index (χ3v) is 6.28. The van der Waals surface area contributed by atoms with Crippen LogP contribution in [-0.4, -0.2) is 73.8 Å². The Morgan fingerprint density at radius 2 is 1.26 bits per heavy atom. The van der Waals surface area contributed by atoms with Gasteiger partial charge >= 0.3 is 0 Å². The molecule has 10 nitrogen and oxygen atoms in total. The molecule has 0 spiro atoms. The normalized spacial score (nSPS) is 11.8. The van der Waals surface area contributed by atoms with Gasteiger partial charge in [0.15, 0.2) is 11.9 Å². The van der Waals surface area contributed by atoms with Gasteiger partial charge in [-0.25, -0.2) is 0 Å². The zero-order valence-electron chi connectivity index (χ0n) is 19.7. The second-order valence-corrected chi connectivity index (χ2v) is 9.01. The molecule has 0 amide bonds. The SMILES string of the molecule is COc1cccnc1CSCCN=C(N)NCCNC(N)=NCCSCc1ncccc1OC. The predicted octanol–water partition coefficient (Wildman–Crippen LogP) is 1.47. The molecule has 34 heavy (non-hydrogen) atoms. The minimum Gasteiger partial charge on any atom is -0.495 e. The molecule has 2 heterocycles. The van der Waals surface area contributed by atoms with E-state index in [1.165, 1.54) is 0 Å². The van der Waals surface area contributed by atoms with E-state index in [2.05, 4.69) is 30.6 Å². The van der Waals surface area contributed by atoms with Gasteiger partial charge in [0.2, 0.25) is 0 Å². The fourth-order valence-corrected chi connectivity index (χ4v) is 4.28. The summed E-state index contributed by atoms with van der Waals surface area (Å²) in [6.07, 6.45) is 3.54. The fourth-order valence-electron chi connectivity index (χ4n) is 2.73. The number of pyridine rings is 2. The number of hydrogen-bond acceptors (Lipinski definition) is 8. The summed E-state index contributed by atoms with van der Waals surface area (Å²) in [6.45, 7) is 2.44. The second-order valence-electron chi connectivity index (χ2n) is 6.80. The van der Waals surface area contributed by atoms with E-state index in [0.717, 1.165) is 45.9 Å². The zero-order chi connectivity index (χ0) is 24.4. The molecule has 186 valence electrons. The number of nitrogens with zero attached hydrogens (tertiary/aromatic N) is 4. The first kappa shape index (κ1) is 27.4. The summed E-state index contributed by atoms with van der Waals surface area (Å²) in [5.41, 5.74) is 13.7. The molecule has 2 aromatic heterocycles. The fraction of sp³-hybridized carbons (Fsp3) is 0.455. The van der Waals surface area contributed by atoms with Crippen LogP contribution in [0.4, 0.5) is 0 Å². The van der Waals surface area contributed by atoms with Gasteiger partial charge in [-0.15, -0.1) is 0 Å². The lowest BCUT2D eigenvalue weighted by Gasteiger charge is -2.08. The van der Waals surface area contributed by atoms with E-state index in [1.54, 1.807) is 50.1 Å². The first-order valence-corrected chi connectivity index (χ1v) is 13.1. The molecular weight excluding hydrogens is 472 g/mol. The van der Waals surface area contributed by atoms with Gasteiger partial charge in [-0.2, -0.15) is 23.5 Å². The topological polar surface area (TPSA) is 145 Å². The van der Waals surface area contributed by atoms with Crippen LogP contribution < -0.4 is 31.6 Å². The highest BCUT2D eigenvalue weighted by molar-refractivity contribution is 7.98. The van der Waals surface area contributed by atoms with Crippen LogP contribution in [0.5, 0.6) is 11.5 Å². The third-order valence-electron chi connectivity index (χ3n) is 4.39. The van der Waals surface area contributed by atoms with Crippen LogP contribution in [0.25, 0.3) is 0 Å². The standard InChI is InChI=1S/C22H34N8O2S2/c1-31-19-5-3-7-25-17(19)15-33-13-11-29-21(23)27-9-10-28-22(24)30-12-14-34-16-18-20(32-2)6-4-8-26-18/h3-8H,9-16H2,1-2H3,(H3,23,27,29)(H3,24,28,30). The van der Waals surface area contributed by atoms with Crippen molar-refractivity contribution in [1.82, 2.24) is 20.6 Å². The molecule has 0 bridgehead atoms. The average molecular weight is 507 g/mol. The van der Waals surface area contributed by atoms with Gasteiger partial charge in [-0.3, -0.25) is 20.0 Å². The quantitative estimate of drug-likeness (QED) is 0.159. The first-order valence-electron chi connectivity index (χ1n) is 10.8. The van der Waals surface area contributed by atoms with Crippen molar-refractivity contribution in [3.63, 3.8) is 0 Å². The van der Waals surface area contributed by atoms with Gasteiger partial charge in [0.1, 0.15) is 11.5 Å². The molecule has 6 N–H and O–H groups in total. The number of hydrogen-bond donors (Lipinski definition) is 4. The molecule has 12 heteroatoms. The Kier molecular flexibility index (Phi) is 13.5. The maximum atomic E-state index is 5.90. The van der Waals surface area contributed by atoms with Crippen LogP contribution in [0.1, 0.15) is 11.4 Å². The van der Waals surface area contributed by atoms with Crippen LogP contribution in [0.15, 0.2) is 46.6 Å². The van der Waals surface area contributed by atoms with Crippen molar-refractivity contribution in [2.75, 3.05) is 51.9 Å². The van der Waals surface area contributed by atoms with Crippen LogP contribution in [0, 0.1) is 0 Å². The lowest BCUT2D eigenvalue weighted by Crippen LogP contribution is -2.41. The van der Waals surface area contributed by atoms with Crippen LogP contribution in [-0.2, 0) is 11.5 Å². The van der Waals surface area contributed by atoms with E-state index in [-0.39, 0.29) is 0 Å². The average Bonchev–Trinajstić information content (AvgIpc) is 2.86. The van der Waals surface area contributed by atoms with Crippen LogP contribution in [0.3, 0.4) is 0 Å². The summed E-state index contributed by atoms with van der Waals surface area (Å²) in [6, 6.07) is 7.55. The second kappa shape index (κ2) is 16.7. The van der Waals surface area contributed by atoms with E-state index >= 15 is 0 Å². The third kappa shape index (κ3) is 10.8. The molecule has 0 atom stereocenters. The molecule has 0 fully saturated rings. The van der Waals surface area contributed by atoms with Crippen molar-refractivity contribution in [3.05, 3.63) is 48.0 Å². The smallest absolute Gasteiger partial charge is 0.188 e. The zero-order valence-corrected chi connectivity index (χ0v) is 21.3. The van der Waals surface area contributed by atoms with Crippen molar-refractivity contribution < 1.29 is 9.47 Å². The molecule has 0 aliphatic carbocycles. The summed E-state index contributed by atoms with van der Waals surface area (Å²) >= 11 is 3.47. The molecule has 2 aromatic rings. The molecule has 0 aliphatic heterocycles. The van der Waals surface area contributed by atoms with Crippen molar-refractivity contribution in [2.45, 2.75) is 11.5 Å². The van der Waals surface area contributed by atoms with E-state index in [1.807, 2.05) is 24.3 Å². The van der Waals surface area contributed by atoms with Gasteiger partial charge in [-0.05, 0) is 24.3 Å². The van der Waals surface area contributed by atoms with E-state index in [4.69, 9.17) is 20.9 Å². The Morgan fingerprint density at radius 3 is 1.68 bits per heavy atom. The number of aliphatic imine (C=N–C) groups is 2. The van der Waals surface area contributed by atoms with Gasteiger partial charge in [-0.1, -0.05) is 0 Å². The number of thioether (sulfide) groups is 2. The maximum Gasteiger partial charge on any atom is 0.188 e. The van der Waals surface area contributed by atoms with E-state index in [9.17, 15) is 0 Å². The Hall–Kier alpha value is -2.86. The molecule has 0 aliphatic rings. The maximum absolute atomic E-state index is 5.90. The monoisotopic (exact) mass is 506 g/mol. The number of guanidine groups is 2. The lowest BCUT2D eigenvalue weighted by molar-refractivity contribution is 0.409. The van der Waals surface area contributed by atoms with Crippen molar-refractivity contribution in [1.29, 1.82) is 0 Å². The number of methoxy groups -OCH3 is 2. The molecule has 2 rings (SSSR count). The highest BCUT2D eigenvalue weighted by Gasteiger charge is 2.04. The predicted molar refractivity (Wildman–Crippen MR) is 143 cm³/mol. The Balaban J connectivity index is 1.51. The molecule has 0 saturated heterocycles. The summed E-state index contributed by atoms with van der Waals surface area (Å²) in [4.78, 5) is 17.3. The van der Waals surface area contributed by atoms with Gasteiger partial charge in [0, 0.05) is 48.5 Å². The molecule has 0 unspecified atom stereocenters. The minimum absolute atomic E-state index is 0.412. The minimum atomic E-state index is 0.412. The number of nitrogens with two attached hydrogens (primary N) is 2. The Labute approximate surface area is 209 Å². The van der Waals surface area contributed by atoms with Gasteiger partial charge in [0.05, 0.1) is 38.7 Å². The van der Waals surface area contributed by atoms with E-state index in [0.29, 0.717) is 38.1 Å². The molecule has 0 radical (unpaired) electrons. The highest BCUT2D eigenvalue weighted by atomic mass is 32.2. The lowest BCUT2D eigenvalue weighted by atomic mass is 10.3. The van der Waals surface area contributed by atoms with Crippen molar-refractivity contribution in [3.8, 4) is 11.5 Å². The van der Waals surface area contributed by atoms with E-state index < -0.39 is 0 Å². The molecular formula is C22H34N8O2S2. The van der Waals surface area contributed by atoms with Gasteiger partial charge < -0.3 is 31.6 Å². The highest BCUT2D eigenvalue weighted by Crippen LogP contribution is 2.21. The van der Waals surface area contributed by atoms with Crippen molar-refractivity contribution in [2.24, 2.45) is 21.5 Å². The Bertz CT molecular complexity index is 840. The number of aromatic nitrogens is 2. The summed E-state index contributed by atoms with van der Waals surface area (Å²) < 4.78 is 10.6. The summed E-state index contributed by atoms with van der Waals surface area (Å²) in [5.74, 6) is 5.65. The van der Waals surface area contributed by atoms with Crippen molar-refractivity contribution >= 4 is 35.4 Å². The summed E-state index contributed by atoms with van der Waals surface area (Å²) in [5, 5.41) is 6.12. The first-order chi connectivity index (χ1) is 16.6. The largest absolute Gasteiger partial charge is 0.495 e. The Morgan fingerprint density at radius 1 is 0.824 bits per heavy atom. The number of nitrogens with one attached hydrogen (secondary N) is 2. The number of ether oxygens (including phenoxy) is 2. The van der Waals surface area contributed by atoms with Gasteiger partial charge in [0.25, 0.3) is 0 Å². The number of rotatable bonds is 15.